The van der Waals surface area contributed by atoms with Crippen molar-refractivity contribution in [2.75, 3.05) is 13.1 Å². The Bertz CT molecular complexity index is 168. The number of nitrogens with one attached hydrogen (secondary N) is 2. The second-order valence-electron chi connectivity index (χ2n) is 3.05. The highest BCUT2D eigenvalue weighted by molar-refractivity contribution is 5.91. The Balaban J connectivity index is 3.16. The first-order valence-corrected chi connectivity index (χ1v) is 4.55. The number of hydrogen-bond acceptors (Lipinski definition) is 3. The van der Waals surface area contributed by atoms with Crippen molar-refractivity contribution in [1.29, 1.82) is 0 Å². The minimum absolute atomic E-state index is 0.0584. The average molecular weight is 185 g/mol. The number of nitrogens with two attached hydrogens (primary N) is 1. The van der Waals surface area contributed by atoms with Crippen molar-refractivity contribution in [1.82, 2.24) is 10.7 Å². The minimum Gasteiger partial charge on any atom is -0.352 e. The third-order valence-corrected chi connectivity index (χ3v) is 1.67. The van der Waals surface area contributed by atoms with Crippen LogP contribution in [0.3, 0.4) is 0 Å². The van der Waals surface area contributed by atoms with Gasteiger partial charge in [-0.2, -0.15) is 0 Å². The van der Waals surface area contributed by atoms with Gasteiger partial charge in [0.05, 0.1) is 0 Å². The van der Waals surface area contributed by atoms with E-state index in [0.29, 0.717) is 5.57 Å². The molecule has 0 aromatic heterocycles. The lowest BCUT2D eigenvalue weighted by Gasteiger charge is -2.03. The highest BCUT2D eigenvalue weighted by Crippen LogP contribution is 1.92. The number of hydrazine groups is 1. The predicted octanol–water partition coefficient (Wildman–Crippen LogP) is 0.312. The summed E-state index contributed by atoms with van der Waals surface area (Å²) in [6.45, 7) is 6.79. The molecule has 0 aliphatic carbocycles. The van der Waals surface area contributed by atoms with E-state index in [1.807, 2.05) is 0 Å². The van der Waals surface area contributed by atoms with Gasteiger partial charge in [0.25, 0.3) is 0 Å². The Morgan fingerprint density at radius 1 is 1.31 bits per heavy atom. The molecule has 0 aromatic carbocycles. The molecule has 0 saturated heterocycles. The Kier molecular flexibility index (Phi) is 7.24. The highest BCUT2D eigenvalue weighted by atomic mass is 16.1. The number of rotatable bonds is 7. The minimum atomic E-state index is -0.0584. The number of hydrogen-bond donors (Lipinski definition) is 3. The number of unbranched alkanes of at least 4 members (excludes halogenated alkanes) is 2. The zero-order valence-corrected chi connectivity index (χ0v) is 8.23. The zero-order valence-electron chi connectivity index (χ0n) is 8.23. The Morgan fingerprint density at radius 2 is 1.92 bits per heavy atom. The molecule has 1 amide bonds. The van der Waals surface area contributed by atoms with Crippen molar-refractivity contribution in [2.45, 2.75) is 26.2 Å². The Hall–Kier alpha value is -0.870. The molecular formula is C9H19N3O. The molecule has 76 valence electrons. The molecule has 4 nitrogen and oxygen atoms in total. The average Bonchev–Trinajstić information content (AvgIpc) is 2.10. The van der Waals surface area contributed by atoms with Gasteiger partial charge in [-0.15, -0.1) is 0 Å². The van der Waals surface area contributed by atoms with Crippen LogP contribution >= 0.6 is 0 Å². The van der Waals surface area contributed by atoms with Gasteiger partial charge in [0.2, 0.25) is 5.91 Å². The summed E-state index contributed by atoms with van der Waals surface area (Å²) in [6, 6.07) is 0. The molecular weight excluding hydrogens is 166 g/mol. The standard InChI is InChI=1S/C9H19N3O/c1-8(2)9(13)11-6-4-3-5-7-12-10/h12H,1,3-7,10H2,2H3,(H,11,13). The van der Waals surface area contributed by atoms with Crippen LogP contribution in [0, 0.1) is 0 Å². The third kappa shape index (κ3) is 7.49. The van der Waals surface area contributed by atoms with E-state index in [1.165, 1.54) is 0 Å². The molecule has 4 heteroatoms. The normalized spacial score (nSPS) is 9.69. The summed E-state index contributed by atoms with van der Waals surface area (Å²) in [4.78, 5) is 11.0. The molecule has 13 heavy (non-hydrogen) atoms. The van der Waals surface area contributed by atoms with Crippen LogP contribution < -0.4 is 16.6 Å². The molecule has 0 rings (SSSR count). The van der Waals surface area contributed by atoms with Crippen LogP contribution in [-0.4, -0.2) is 19.0 Å². The van der Waals surface area contributed by atoms with E-state index in [2.05, 4.69) is 17.3 Å². The van der Waals surface area contributed by atoms with Crippen molar-refractivity contribution < 1.29 is 4.79 Å². The second kappa shape index (κ2) is 7.76. The SMILES string of the molecule is C=C(C)C(=O)NCCCCCNN. The summed E-state index contributed by atoms with van der Waals surface area (Å²) in [7, 11) is 0. The fourth-order valence-electron chi connectivity index (χ4n) is 0.882. The summed E-state index contributed by atoms with van der Waals surface area (Å²) in [5, 5.41) is 2.77. The quantitative estimate of drug-likeness (QED) is 0.231. The first-order chi connectivity index (χ1) is 6.18. The summed E-state index contributed by atoms with van der Waals surface area (Å²) in [6.07, 6.45) is 3.10. The molecule has 0 fully saturated rings. The maximum atomic E-state index is 11.0. The maximum Gasteiger partial charge on any atom is 0.246 e. The van der Waals surface area contributed by atoms with Crippen molar-refractivity contribution in [3.05, 3.63) is 12.2 Å². The Morgan fingerprint density at radius 3 is 2.46 bits per heavy atom. The van der Waals surface area contributed by atoms with Crippen molar-refractivity contribution in [3.63, 3.8) is 0 Å². The van der Waals surface area contributed by atoms with Crippen molar-refractivity contribution >= 4 is 5.91 Å². The number of amides is 1. The van der Waals surface area contributed by atoms with Gasteiger partial charge in [-0.25, -0.2) is 0 Å². The van der Waals surface area contributed by atoms with Crippen LogP contribution in [0.25, 0.3) is 0 Å². The summed E-state index contributed by atoms with van der Waals surface area (Å²) in [5.74, 6) is 5.04. The number of carbonyl (C=O) groups excluding carboxylic acids is 1. The molecule has 0 radical (unpaired) electrons. The van der Waals surface area contributed by atoms with E-state index < -0.39 is 0 Å². The van der Waals surface area contributed by atoms with E-state index in [4.69, 9.17) is 5.84 Å². The summed E-state index contributed by atoms with van der Waals surface area (Å²) < 4.78 is 0. The lowest BCUT2D eigenvalue weighted by atomic mass is 10.2. The van der Waals surface area contributed by atoms with E-state index >= 15 is 0 Å². The van der Waals surface area contributed by atoms with Crippen molar-refractivity contribution in [2.24, 2.45) is 5.84 Å². The molecule has 0 bridgehead atoms. The lowest BCUT2D eigenvalue weighted by Crippen LogP contribution is -2.25. The molecule has 4 N–H and O–H groups in total. The van der Waals surface area contributed by atoms with E-state index in [0.717, 1.165) is 32.4 Å². The fourth-order valence-corrected chi connectivity index (χ4v) is 0.882. The smallest absolute Gasteiger partial charge is 0.246 e. The molecule has 0 heterocycles. The molecule has 0 saturated carbocycles. The van der Waals surface area contributed by atoms with Crippen LogP contribution in [0.15, 0.2) is 12.2 Å². The van der Waals surface area contributed by atoms with Gasteiger partial charge in [-0.05, 0) is 19.8 Å². The third-order valence-electron chi connectivity index (χ3n) is 1.67. The number of carbonyl (C=O) groups is 1. The molecule has 0 atom stereocenters. The van der Waals surface area contributed by atoms with Crippen LogP contribution in [0.4, 0.5) is 0 Å². The van der Waals surface area contributed by atoms with E-state index in [9.17, 15) is 4.79 Å². The van der Waals surface area contributed by atoms with Crippen LogP contribution in [0.2, 0.25) is 0 Å². The van der Waals surface area contributed by atoms with E-state index in [1.54, 1.807) is 6.92 Å². The van der Waals surface area contributed by atoms with E-state index in [-0.39, 0.29) is 5.91 Å². The van der Waals surface area contributed by atoms with Gasteiger partial charge in [0, 0.05) is 18.7 Å². The zero-order chi connectivity index (χ0) is 10.1. The summed E-state index contributed by atoms with van der Waals surface area (Å²) >= 11 is 0. The van der Waals surface area contributed by atoms with Crippen LogP contribution in [-0.2, 0) is 4.79 Å². The maximum absolute atomic E-state index is 11.0. The topological polar surface area (TPSA) is 67.2 Å². The van der Waals surface area contributed by atoms with Gasteiger partial charge >= 0.3 is 0 Å². The summed E-state index contributed by atoms with van der Waals surface area (Å²) in [5.41, 5.74) is 3.14. The van der Waals surface area contributed by atoms with Crippen LogP contribution in [0.1, 0.15) is 26.2 Å². The van der Waals surface area contributed by atoms with Gasteiger partial charge in [-0.1, -0.05) is 13.0 Å². The van der Waals surface area contributed by atoms with Gasteiger partial charge in [0.1, 0.15) is 0 Å². The van der Waals surface area contributed by atoms with Gasteiger partial charge in [-0.3, -0.25) is 16.1 Å². The lowest BCUT2D eigenvalue weighted by molar-refractivity contribution is -0.117. The van der Waals surface area contributed by atoms with Crippen LogP contribution in [0.5, 0.6) is 0 Å². The first kappa shape index (κ1) is 12.1. The predicted molar refractivity (Wildman–Crippen MR) is 53.9 cm³/mol. The second-order valence-corrected chi connectivity index (χ2v) is 3.05. The molecule has 0 unspecified atom stereocenters. The van der Waals surface area contributed by atoms with Gasteiger partial charge < -0.3 is 5.32 Å². The molecule has 0 aliphatic rings. The Labute approximate surface area is 79.5 Å². The largest absolute Gasteiger partial charge is 0.352 e. The van der Waals surface area contributed by atoms with Gasteiger partial charge in [0.15, 0.2) is 0 Å². The van der Waals surface area contributed by atoms with Crippen molar-refractivity contribution in [3.8, 4) is 0 Å². The molecule has 0 spiro atoms. The highest BCUT2D eigenvalue weighted by Gasteiger charge is 1.98. The first-order valence-electron chi connectivity index (χ1n) is 4.55. The fraction of sp³-hybridized carbons (Fsp3) is 0.667. The monoisotopic (exact) mass is 185 g/mol. The molecule has 0 aromatic rings. The molecule has 0 aliphatic heterocycles.